The van der Waals surface area contributed by atoms with Gasteiger partial charge in [0.25, 0.3) is 0 Å². The summed E-state index contributed by atoms with van der Waals surface area (Å²) in [5.74, 6) is 0.462. The van der Waals surface area contributed by atoms with E-state index in [1.807, 2.05) is 0 Å². The van der Waals surface area contributed by atoms with Gasteiger partial charge in [-0.3, -0.25) is 0 Å². The highest BCUT2D eigenvalue weighted by Crippen LogP contribution is 2.26. The molecule has 20 heavy (non-hydrogen) atoms. The van der Waals surface area contributed by atoms with Gasteiger partial charge in [-0.2, -0.15) is 0 Å². The fraction of sp³-hybridized carbons (Fsp3) is 0.500. The first-order valence-electron chi connectivity index (χ1n) is 6.09. The summed E-state index contributed by atoms with van der Waals surface area (Å²) in [5, 5.41) is 3.42. The molecule has 5 nitrogen and oxygen atoms in total. The van der Waals surface area contributed by atoms with Gasteiger partial charge in [-0.25, -0.2) is 13.1 Å². The fourth-order valence-electron chi connectivity index (χ4n) is 2.04. The van der Waals surface area contributed by atoms with Crippen molar-refractivity contribution in [2.24, 2.45) is 0 Å². The van der Waals surface area contributed by atoms with Crippen LogP contribution in [0.25, 0.3) is 0 Å². The highest BCUT2D eigenvalue weighted by atomic mass is 35.5. The largest absolute Gasteiger partial charge is 0.497 e. The molecule has 0 spiro atoms. The Hall–Kier alpha value is -0.530. The molecule has 1 saturated heterocycles. The van der Waals surface area contributed by atoms with E-state index in [0.29, 0.717) is 12.3 Å². The molecular formula is C12H18Cl2N2O3S. The summed E-state index contributed by atoms with van der Waals surface area (Å²) in [6, 6.07) is 4.76. The van der Waals surface area contributed by atoms with E-state index in [2.05, 4.69) is 10.0 Å². The van der Waals surface area contributed by atoms with E-state index in [1.165, 1.54) is 19.2 Å². The standard InChI is InChI=1S/C12H17ClN2O3S.ClH/c1-18-10-4-5-11(13)12(7-10)19(16,17)15-8-9-3-2-6-14-9;/h4-5,7,9,14-15H,2-3,6,8H2,1H3;1H. The van der Waals surface area contributed by atoms with Gasteiger partial charge in [-0.15, -0.1) is 12.4 Å². The van der Waals surface area contributed by atoms with Crippen LogP contribution in [-0.4, -0.2) is 34.7 Å². The normalized spacial score (nSPS) is 18.6. The van der Waals surface area contributed by atoms with Crippen molar-refractivity contribution >= 4 is 34.0 Å². The Kier molecular flexibility index (Phi) is 6.54. The zero-order valence-corrected chi connectivity index (χ0v) is 13.4. The Labute approximate surface area is 130 Å². The van der Waals surface area contributed by atoms with Gasteiger partial charge in [0.2, 0.25) is 10.0 Å². The molecule has 1 fully saturated rings. The van der Waals surface area contributed by atoms with Gasteiger partial charge >= 0.3 is 0 Å². The van der Waals surface area contributed by atoms with Crippen LogP contribution in [0.2, 0.25) is 5.02 Å². The summed E-state index contributed by atoms with van der Waals surface area (Å²) in [5.41, 5.74) is 0. The quantitative estimate of drug-likeness (QED) is 0.857. The van der Waals surface area contributed by atoms with Gasteiger partial charge in [0.1, 0.15) is 10.6 Å². The van der Waals surface area contributed by atoms with E-state index in [-0.39, 0.29) is 28.4 Å². The first kappa shape index (κ1) is 17.5. The van der Waals surface area contributed by atoms with E-state index in [4.69, 9.17) is 16.3 Å². The van der Waals surface area contributed by atoms with E-state index >= 15 is 0 Å². The zero-order chi connectivity index (χ0) is 13.9. The Balaban J connectivity index is 0.00000200. The summed E-state index contributed by atoms with van der Waals surface area (Å²) in [4.78, 5) is 0.0477. The molecule has 114 valence electrons. The molecule has 0 aromatic heterocycles. The molecule has 1 aromatic rings. The van der Waals surface area contributed by atoms with Gasteiger partial charge in [0.15, 0.2) is 0 Å². The van der Waals surface area contributed by atoms with Crippen molar-refractivity contribution in [3.05, 3.63) is 23.2 Å². The first-order valence-corrected chi connectivity index (χ1v) is 7.95. The van der Waals surface area contributed by atoms with Gasteiger partial charge in [0.05, 0.1) is 12.1 Å². The summed E-state index contributed by atoms with van der Waals surface area (Å²) in [6.45, 7) is 1.31. The number of nitrogens with one attached hydrogen (secondary N) is 2. The third-order valence-corrected chi connectivity index (χ3v) is 5.02. The summed E-state index contributed by atoms with van der Waals surface area (Å²) < 4.78 is 32.0. The van der Waals surface area contributed by atoms with Gasteiger partial charge in [-0.05, 0) is 31.5 Å². The van der Waals surface area contributed by atoms with Crippen molar-refractivity contribution in [2.75, 3.05) is 20.2 Å². The number of hydrogen-bond donors (Lipinski definition) is 2. The molecule has 8 heteroatoms. The minimum absolute atomic E-state index is 0. The molecular weight excluding hydrogens is 323 g/mol. The summed E-state index contributed by atoms with van der Waals surface area (Å²) >= 11 is 5.94. The van der Waals surface area contributed by atoms with Crippen molar-refractivity contribution in [1.82, 2.24) is 10.0 Å². The molecule has 2 N–H and O–H groups in total. The van der Waals surface area contributed by atoms with Crippen LogP contribution in [0, 0.1) is 0 Å². The predicted molar refractivity (Wildman–Crippen MR) is 81.5 cm³/mol. The van der Waals surface area contributed by atoms with Crippen LogP contribution in [0.4, 0.5) is 0 Å². The molecule has 0 bridgehead atoms. The molecule has 0 aliphatic carbocycles. The monoisotopic (exact) mass is 340 g/mol. The minimum Gasteiger partial charge on any atom is -0.497 e. The van der Waals surface area contributed by atoms with Gasteiger partial charge in [0, 0.05) is 18.7 Å². The molecule has 1 unspecified atom stereocenters. The van der Waals surface area contributed by atoms with Crippen molar-refractivity contribution < 1.29 is 13.2 Å². The zero-order valence-electron chi connectivity index (χ0n) is 11.1. The lowest BCUT2D eigenvalue weighted by atomic mass is 10.2. The van der Waals surface area contributed by atoms with Crippen molar-refractivity contribution in [1.29, 1.82) is 0 Å². The lowest BCUT2D eigenvalue weighted by molar-refractivity contribution is 0.413. The topological polar surface area (TPSA) is 67.4 Å². The van der Waals surface area contributed by atoms with Crippen LogP contribution in [0.5, 0.6) is 5.75 Å². The lowest BCUT2D eigenvalue weighted by Gasteiger charge is -2.13. The number of benzene rings is 1. The third kappa shape index (κ3) is 4.23. The highest BCUT2D eigenvalue weighted by molar-refractivity contribution is 7.89. The highest BCUT2D eigenvalue weighted by Gasteiger charge is 2.21. The van der Waals surface area contributed by atoms with Crippen molar-refractivity contribution in [3.63, 3.8) is 0 Å². The van der Waals surface area contributed by atoms with Crippen LogP contribution in [0.15, 0.2) is 23.1 Å². The second kappa shape index (κ2) is 7.47. The number of rotatable bonds is 5. The van der Waals surface area contributed by atoms with Crippen LogP contribution in [-0.2, 0) is 10.0 Å². The van der Waals surface area contributed by atoms with E-state index in [9.17, 15) is 8.42 Å². The second-order valence-corrected chi connectivity index (χ2v) is 6.58. The Morgan fingerprint density at radius 2 is 2.25 bits per heavy atom. The molecule has 0 radical (unpaired) electrons. The van der Waals surface area contributed by atoms with Gasteiger partial charge < -0.3 is 10.1 Å². The van der Waals surface area contributed by atoms with Crippen molar-refractivity contribution in [2.45, 2.75) is 23.8 Å². The maximum Gasteiger partial charge on any atom is 0.242 e. The SMILES string of the molecule is COc1ccc(Cl)c(S(=O)(=O)NCC2CCCN2)c1.Cl. The number of ether oxygens (including phenoxy) is 1. The number of sulfonamides is 1. The predicted octanol–water partition coefficient (Wildman–Crippen LogP) is 1.80. The fourth-order valence-corrected chi connectivity index (χ4v) is 3.63. The summed E-state index contributed by atoms with van der Waals surface area (Å²) in [7, 11) is -2.13. The van der Waals surface area contributed by atoms with E-state index < -0.39 is 10.0 Å². The maximum atomic E-state index is 12.2. The second-order valence-electron chi connectivity index (χ2n) is 4.44. The molecule has 1 atom stereocenters. The number of halogens is 2. The molecule has 1 aromatic carbocycles. The maximum absolute atomic E-state index is 12.2. The number of hydrogen-bond acceptors (Lipinski definition) is 4. The van der Waals surface area contributed by atoms with Gasteiger partial charge in [-0.1, -0.05) is 11.6 Å². The average Bonchev–Trinajstić information content (AvgIpc) is 2.90. The van der Waals surface area contributed by atoms with Crippen LogP contribution in [0.3, 0.4) is 0 Å². The molecule has 2 rings (SSSR count). The molecule has 0 amide bonds. The van der Waals surface area contributed by atoms with Crippen LogP contribution >= 0.6 is 24.0 Å². The Morgan fingerprint density at radius 3 is 2.85 bits per heavy atom. The minimum atomic E-state index is -3.61. The third-order valence-electron chi connectivity index (χ3n) is 3.11. The lowest BCUT2D eigenvalue weighted by Crippen LogP contribution is -2.37. The smallest absolute Gasteiger partial charge is 0.242 e. The Morgan fingerprint density at radius 1 is 1.50 bits per heavy atom. The molecule has 1 aliphatic heterocycles. The number of methoxy groups -OCH3 is 1. The average molecular weight is 341 g/mol. The van der Waals surface area contributed by atoms with Crippen molar-refractivity contribution in [3.8, 4) is 5.75 Å². The molecule has 1 heterocycles. The Bertz CT molecular complexity index is 546. The molecule has 1 aliphatic rings. The summed E-state index contributed by atoms with van der Waals surface area (Å²) in [6.07, 6.45) is 2.06. The first-order chi connectivity index (χ1) is 9.03. The van der Waals surface area contributed by atoms with E-state index in [0.717, 1.165) is 19.4 Å². The van der Waals surface area contributed by atoms with Crippen LogP contribution < -0.4 is 14.8 Å². The molecule has 0 saturated carbocycles. The van der Waals surface area contributed by atoms with Crippen LogP contribution in [0.1, 0.15) is 12.8 Å². The van der Waals surface area contributed by atoms with E-state index in [1.54, 1.807) is 6.07 Å².